The summed E-state index contributed by atoms with van der Waals surface area (Å²) < 4.78 is 40.9. The lowest BCUT2D eigenvalue weighted by Crippen LogP contribution is -2.48. The van der Waals surface area contributed by atoms with Crippen LogP contribution in [-0.4, -0.2) is 84.6 Å². The number of unbranched alkanes of at least 4 members (excludes halogenated alkanes) is 1. The molecule has 1 aliphatic rings. The van der Waals surface area contributed by atoms with Gasteiger partial charge in [0.15, 0.2) is 5.82 Å². The number of nitrogens with two attached hydrogens (primary N) is 2. The molecule has 1 saturated heterocycles. The first-order valence-corrected chi connectivity index (χ1v) is 12.7. The maximum absolute atomic E-state index is 12.5. The Morgan fingerprint density at radius 2 is 1.77 bits per heavy atom. The van der Waals surface area contributed by atoms with Crippen molar-refractivity contribution in [2.45, 2.75) is 25.6 Å². The van der Waals surface area contributed by atoms with Gasteiger partial charge in [0.05, 0.1) is 12.2 Å². The van der Waals surface area contributed by atoms with Gasteiger partial charge in [-0.15, -0.1) is 18.3 Å². The van der Waals surface area contributed by atoms with Crippen LogP contribution < -0.4 is 31.8 Å². The number of nitrogens with one attached hydrogen (secondary N) is 2. The van der Waals surface area contributed by atoms with E-state index in [4.69, 9.17) is 11.6 Å². The number of alkyl halides is 3. The van der Waals surface area contributed by atoms with Crippen LogP contribution in [0.3, 0.4) is 0 Å². The van der Waals surface area contributed by atoms with Crippen LogP contribution in [0.2, 0.25) is 0 Å². The van der Waals surface area contributed by atoms with Crippen LogP contribution in [0.15, 0.2) is 48.3 Å². The van der Waals surface area contributed by atoms with Crippen molar-refractivity contribution in [1.29, 1.82) is 0 Å². The zero-order valence-corrected chi connectivity index (χ0v) is 22.2. The Kier molecular flexibility index (Phi) is 10.9. The molecule has 15 heteroatoms. The van der Waals surface area contributed by atoms with Gasteiger partial charge in [-0.05, 0) is 55.7 Å². The highest BCUT2D eigenvalue weighted by atomic mass is 19.4. The van der Waals surface area contributed by atoms with E-state index in [1.54, 1.807) is 24.3 Å². The summed E-state index contributed by atoms with van der Waals surface area (Å²) >= 11 is 0. The number of hydrogen-bond acceptors (Lipinski definition) is 10. The number of halogens is 3. The van der Waals surface area contributed by atoms with Crippen LogP contribution in [0.4, 0.5) is 24.7 Å². The van der Waals surface area contributed by atoms with Gasteiger partial charge in [0.2, 0.25) is 5.91 Å². The lowest BCUT2D eigenvalue weighted by Gasteiger charge is -2.35. The van der Waals surface area contributed by atoms with Crippen LogP contribution in [0.25, 0.3) is 0 Å². The molecule has 2 amide bonds. The zero-order chi connectivity index (χ0) is 29.1. The van der Waals surface area contributed by atoms with Crippen molar-refractivity contribution in [2.75, 3.05) is 56.5 Å². The molecule has 0 saturated carbocycles. The van der Waals surface area contributed by atoms with Crippen molar-refractivity contribution in [3.05, 3.63) is 54.0 Å². The molecular formula is C25H34F3N9O3. The van der Waals surface area contributed by atoms with E-state index in [9.17, 15) is 22.8 Å². The SMILES string of the molecule is CNC(=O)/C(N)=C/N(N)CCCCc1ccc(NC(=O)CN2CCN(c3ccc(OC(F)(F)F)cc3)CC2)nn1. The first-order valence-electron chi connectivity index (χ1n) is 12.7. The smallest absolute Gasteiger partial charge is 0.406 e. The summed E-state index contributed by atoms with van der Waals surface area (Å²) in [6.45, 7) is 3.18. The third kappa shape index (κ3) is 10.2. The Labute approximate surface area is 230 Å². The summed E-state index contributed by atoms with van der Waals surface area (Å²) in [6, 6.07) is 9.25. The fraction of sp³-hybridized carbons (Fsp3) is 0.440. The van der Waals surface area contributed by atoms with Crippen LogP contribution in [0.5, 0.6) is 5.75 Å². The van der Waals surface area contributed by atoms with Crippen LogP contribution in [-0.2, 0) is 16.0 Å². The fourth-order valence-electron chi connectivity index (χ4n) is 4.01. The number of benzene rings is 1. The number of rotatable bonds is 12. The van der Waals surface area contributed by atoms with Gasteiger partial charge in [-0.3, -0.25) is 14.5 Å². The Bertz CT molecular complexity index is 1140. The molecule has 6 N–H and O–H groups in total. The number of likely N-dealkylation sites (N-methyl/N-ethyl adjacent to an activating group) is 1. The van der Waals surface area contributed by atoms with Gasteiger partial charge < -0.3 is 31.0 Å². The predicted octanol–water partition coefficient (Wildman–Crippen LogP) is 1.18. The van der Waals surface area contributed by atoms with Gasteiger partial charge in [-0.2, -0.15) is 5.10 Å². The number of piperazine rings is 1. The van der Waals surface area contributed by atoms with E-state index in [0.717, 1.165) is 24.2 Å². The molecule has 2 aromatic rings. The number of aryl methyl sites for hydroxylation is 1. The summed E-state index contributed by atoms with van der Waals surface area (Å²) in [4.78, 5) is 27.9. The Hall–Kier alpha value is -4.11. The van der Waals surface area contributed by atoms with Gasteiger partial charge in [0.25, 0.3) is 5.91 Å². The van der Waals surface area contributed by atoms with E-state index < -0.39 is 12.3 Å². The Morgan fingerprint density at radius 1 is 1.07 bits per heavy atom. The van der Waals surface area contributed by atoms with Gasteiger partial charge >= 0.3 is 6.36 Å². The molecule has 1 aliphatic heterocycles. The van der Waals surface area contributed by atoms with Crippen molar-refractivity contribution in [1.82, 2.24) is 25.4 Å². The van der Waals surface area contributed by atoms with E-state index in [1.807, 2.05) is 9.80 Å². The summed E-state index contributed by atoms with van der Waals surface area (Å²) in [7, 11) is 1.49. The summed E-state index contributed by atoms with van der Waals surface area (Å²) in [5.74, 6) is 5.31. The minimum Gasteiger partial charge on any atom is -0.406 e. The first-order chi connectivity index (χ1) is 19.0. The number of nitrogens with zero attached hydrogens (tertiary/aromatic N) is 5. The van der Waals surface area contributed by atoms with E-state index in [-0.39, 0.29) is 23.9 Å². The standard InChI is InChI=1S/C25H34F3N9O3/c1-31-24(39)21(29)16-37(30)11-3-2-4-18-5-10-22(34-33-18)32-23(38)17-35-12-14-36(15-13-35)19-6-8-20(9-7-19)40-25(26,27)28/h5-10,16H,2-4,11-15,17,29-30H2,1H3,(H,31,39)(H,32,34,38)/b21-16-. The summed E-state index contributed by atoms with van der Waals surface area (Å²) in [5, 5.41) is 14.8. The number of carbonyl (C=O) groups is 2. The maximum Gasteiger partial charge on any atom is 0.573 e. The molecule has 0 bridgehead atoms. The van der Waals surface area contributed by atoms with Crippen molar-refractivity contribution >= 4 is 23.3 Å². The fourth-order valence-corrected chi connectivity index (χ4v) is 4.01. The monoisotopic (exact) mass is 565 g/mol. The third-order valence-corrected chi connectivity index (χ3v) is 6.06. The first kappa shape index (κ1) is 30.4. The second-order valence-electron chi connectivity index (χ2n) is 9.12. The van der Waals surface area contributed by atoms with Crippen LogP contribution in [0, 0.1) is 0 Å². The molecule has 0 unspecified atom stereocenters. The highest BCUT2D eigenvalue weighted by Crippen LogP contribution is 2.25. The van der Waals surface area contributed by atoms with Crippen molar-refractivity contribution < 1.29 is 27.5 Å². The molecule has 1 fully saturated rings. The van der Waals surface area contributed by atoms with E-state index in [2.05, 4.69) is 25.6 Å². The van der Waals surface area contributed by atoms with Gasteiger partial charge in [0, 0.05) is 51.7 Å². The number of carbonyl (C=O) groups excluding carboxylic acids is 2. The maximum atomic E-state index is 12.5. The van der Waals surface area contributed by atoms with Crippen LogP contribution >= 0.6 is 0 Å². The Balaban J connectivity index is 1.34. The van der Waals surface area contributed by atoms with Crippen molar-refractivity contribution in [3.8, 4) is 5.75 Å². The molecule has 0 spiro atoms. The average molecular weight is 566 g/mol. The number of anilines is 2. The lowest BCUT2D eigenvalue weighted by atomic mass is 10.2. The number of ether oxygens (including phenoxy) is 1. The average Bonchev–Trinajstić information content (AvgIpc) is 2.91. The molecular weight excluding hydrogens is 531 g/mol. The number of aromatic nitrogens is 2. The van der Waals surface area contributed by atoms with E-state index in [0.29, 0.717) is 45.0 Å². The minimum atomic E-state index is -4.72. The molecule has 40 heavy (non-hydrogen) atoms. The highest BCUT2D eigenvalue weighted by molar-refractivity contribution is 5.92. The molecule has 1 aromatic heterocycles. The lowest BCUT2D eigenvalue weighted by molar-refractivity contribution is -0.274. The number of amides is 2. The quantitative estimate of drug-likeness (QED) is 0.128. The third-order valence-electron chi connectivity index (χ3n) is 6.06. The molecule has 12 nitrogen and oxygen atoms in total. The van der Waals surface area contributed by atoms with Gasteiger partial charge in [-0.25, -0.2) is 5.84 Å². The van der Waals surface area contributed by atoms with E-state index in [1.165, 1.54) is 30.4 Å². The molecule has 1 aromatic carbocycles. The number of hydrazine groups is 1. The topological polar surface area (TPSA) is 155 Å². The molecule has 3 rings (SSSR count). The second kappa shape index (κ2) is 14.3. The zero-order valence-electron chi connectivity index (χ0n) is 22.2. The normalized spacial score (nSPS) is 14.5. The molecule has 218 valence electrons. The summed E-state index contributed by atoms with van der Waals surface area (Å²) in [5.41, 5.74) is 7.21. The van der Waals surface area contributed by atoms with Crippen LogP contribution in [0.1, 0.15) is 18.5 Å². The molecule has 0 aliphatic carbocycles. The molecule has 0 atom stereocenters. The van der Waals surface area contributed by atoms with Gasteiger partial charge in [-0.1, -0.05) is 0 Å². The second-order valence-corrected chi connectivity index (χ2v) is 9.12. The van der Waals surface area contributed by atoms with E-state index >= 15 is 0 Å². The Morgan fingerprint density at radius 3 is 2.38 bits per heavy atom. The highest BCUT2D eigenvalue weighted by Gasteiger charge is 2.31. The predicted molar refractivity (Wildman–Crippen MR) is 143 cm³/mol. The molecule has 0 radical (unpaired) electrons. The largest absolute Gasteiger partial charge is 0.573 e. The number of hydrogen-bond donors (Lipinski definition) is 4. The van der Waals surface area contributed by atoms with Crippen molar-refractivity contribution in [2.24, 2.45) is 11.6 Å². The summed E-state index contributed by atoms with van der Waals surface area (Å²) in [6.07, 6.45) is -1.13. The van der Waals surface area contributed by atoms with Gasteiger partial charge in [0.1, 0.15) is 11.4 Å². The molecule has 2 heterocycles. The minimum absolute atomic E-state index is 0.0305. The van der Waals surface area contributed by atoms with Crippen molar-refractivity contribution in [3.63, 3.8) is 0 Å².